The van der Waals surface area contributed by atoms with Crippen LogP contribution in [0.3, 0.4) is 0 Å². The first kappa shape index (κ1) is 15.5. The topological polar surface area (TPSA) is 46.6 Å². The summed E-state index contributed by atoms with van der Waals surface area (Å²) in [6.07, 6.45) is 3.58. The van der Waals surface area contributed by atoms with Crippen LogP contribution in [-0.4, -0.2) is 36.8 Å². The van der Waals surface area contributed by atoms with Crippen LogP contribution in [0.25, 0.3) is 0 Å². The Morgan fingerprint density at radius 2 is 2.10 bits per heavy atom. The van der Waals surface area contributed by atoms with Gasteiger partial charge in [-0.2, -0.15) is 0 Å². The van der Waals surface area contributed by atoms with E-state index in [1.807, 2.05) is 12.1 Å². The highest BCUT2D eigenvalue weighted by atomic mass is 16.5. The number of rotatable bonds is 5. The summed E-state index contributed by atoms with van der Waals surface area (Å²) in [4.78, 5) is 26.3. The zero-order valence-electron chi connectivity index (χ0n) is 12.8. The maximum atomic E-state index is 12.4. The number of carbonyl (C=O) groups is 2. The van der Waals surface area contributed by atoms with Gasteiger partial charge in [-0.15, -0.1) is 0 Å². The summed E-state index contributed by atoms with van der Waals surface area (Å²) < 4.78 is 5.22. The highest BCUT2D eigenvalue weighted by Crippen LogP contribution is 2.22. The van der Waals surface area contributed by atoms with E-state index in [-0.39, 0.29) is 18.2 Å². The minimum Gasteiger partial charge on any atom is -0.496 e. The van der Waals surface area contributed by atoms with Gasteiger partial charge in [0.1, 0.15) is 5.75 Å². The average Bonchev–Trinajstić information content (AvgIpc) is 2.69. The summed E-state index contributed by atoms with van der Waals surface area (Å²) in [5.74, 6) is 1.20. The Morgan fingerprint density at radius 3 is 2.81 bits per heavy atom. The summed E-state index contributed by atoms with van der Waals surface area (Å²) in [5, 5.41) is 0. The molecule has 2 rings (SSSR count). The largest absolute Gasteiger partial charge is 0.496 e. The second-order valence-corrected chi connectivity index (χ2v) is 5.54. The van der Waals surface area contributed by atoms with Gasteiger partial charge in [-0.1, -0.05) is 25.5 Å². The maximum absolute atomic E-state index is 12.4. The smallest absolute Gasteiger partial charge is 0.222 e. The van der Waals surface area contributed by atoms with E-state index < -0.39 is 0 Å². The number of Topliss-reactive ketones (excluding diaryl/α,β-unsaturated/α-hetero) is 1. The number of amides is 1. The molecular weight excluding hydrogens is 266 g/mol. The van der Waals surface area contributed by atoms with Crippen LogP contribution in [0, 0.1) is 5.92 Å². The molecular formula is C17H23NO3. The molecule has 1 atom stereocenters. The average molecular weight is 289 g/mol. The molecule has 114 valence electrons. The van der Waals surface area contributed by atoms with Crippen LogP contribution < -0.4 is 4.74 Å². The molecule has 0 spiro atoms. The molecule has 4 heteroatoms. The molecule has 1 aliphatic rings. The number of hydrogen-bond donors (Lipinski definition) is 0. The number of ketones is 1. The van der Waals surface area contributed by atoms with Gasteiger partial charge < -0.3 is 9.64 Å². The molecule has 0 aromatic heterocycles. The summed E-state index contributed by atoms with van der Waals surface area (Å²) in [7, 11) is 1.55. The highest BCUT2D eigenvalue weighted by Gasteiger charge is 2.24. The lowest BCUT2D eigenvalue weighted by Gasteiger charge is -2.20. The van der Waals surface area contributed by atoms with Crippen molar-refractivity contribution in [3.05, 3.63) is 29.8 Å². The molecule has 4 nitrogen and oxygen atoms in total. The van der Waals surface area contributed by atoms with Gasteiger partial charge in [-0.25, -0.2) is 0 Å². The molecule has 0 radical (unpaired) electrons. The van der Waals surface area contributed by atoms with Gasteiger partial charge in [-0.05, 0) is 30.9 Å². The van der Waals surface area contributed by atoms with Crippen molar-refractivity contribution in [1.82, 2.24) is 4.90 Å². The van der Waals surface area contributed by atoms with Crippen molar-refractivity contribution in [2.45, 2.75) is 32.6 Å². The van der Waals surface area contributed by atoms with E-state index in [9.17, 15) is 9.59 Å². The second kappa shape index (κ2) is 7.25. The molecule has 1 unspecified atom stereocenters. The zero-order valence-corrected chi connectivity index (χ0v) is 12.8. The molecule has 0 aliphatic carbocycles. The van der Waals surface area contributed by atoms with Crippen LogP contribution in [0.1, 0.15) is 43.0 Å². The fraction of sp³-hybridized carbons (Fsp3) is 0.529. The Bertz CT molecular complexity index is 513. The third-order valence-electron chi connectivity index (χ3n) is 4.25. The summed E-state index contributed by atoms with van der Waals surface area (Å²) in [6, 6.07) is 7.16. The standard InChI is InChI=1S/C17H23NO3/c1-3-13-8-9-17(20)18(11-10-13)12-15(19)14-6-4-5-7-16(14)21-2/h4-7,13H,3,8-12H2,1-2H3. The monoisotopic (exact) mass is 289 g/mol. The predicted octanol–water partition coefficient (Wildman–Crippen LogP) is 2.92. The molecule has 1 aliphatic heterocycles. The Kier molecular flexibility index (Phi) is 5.37. The first-order chi connectivity index (χ1) is 10.2. The summed E-state index contributed by atoms with van der Waals surface area (Å²) in [5.41, 5.74) is 0.545. The Morgan fingerprint density at radius 1 is 1.33 bits per heavy atom. The lowest BCUT2D eigenvalue weighted by Crippen LogP contribution is -2.35. The highest BCUT2D eigenvalue weighted by molar-refractivity contribution is 6.01. The molecule has 1 amide bonds. The number of benzene rings is 1. The van der Waals surface area contributed by atoms with E-state index in [0.29, 0.717) is 30.2 Å². The fourth-order valence-electron chi connectivity index (χ4n) is 2.80. The molecule has 0 N–H and O–H groups in total. The van der Waals surface area contributed by atoms with Crippen molar-refractivity contribution in [2.75, 3.05) is 20.2 Å². The third kappa shape index (κ3) is 3.84. The van der Waals surface area contributed by atoms with Crippen LogP contribution in [0.4, 0.5) is 0 Å². The van der Waals surface area contributed by atoms with Crippen molar-refractivity contribution in [1.29, 1.82) is 0 Å². The van der Waals surface area contributed by atoms with Gasteiger partial charge in [0.25, 0.3) is 0 Å². The van der Waals surface area contributed by atoms with Crippen LogP contribution >= 0.6 is 0 Å². The van der Waals surface area contributed by atoms with E-state index in [4.69, 9.17) is 4.74 Å². The van der Waals surface area contributed by atoms with E-state index >= 15 is 0 Å². The minimum absolute atomic E-state index is 0.0595. The number of nitrogens with zero attached hydrogens (tertiary/aromatic N) is 1. The quantitative estimate of drug-likeness (QED) is 0.783. The molecule has 21 heavy (non-hydrogen) atoms. The molecule has 1 aromatic rings. The van der Waals surface area contributed by atoms with E-state index in [1.54, 1.807) is 24.1 Å². The Balaban J connectivity index is 2.06. The predicted molar refractivity (Wildman–Crippen MR) is 81.5 cm³/mol. The van der Waals surface area contributed by atoms with Gasteiger partial charge >= 0.3 is 0 Å². The molecule has 1 fully saturated rings. The number of methoxy groups -OCH3 is 1. The second-order valence-electron chi connectivity index (χ2n) is 5.54. The first-order valence-electron chi connectivity index (χ1n) is 7.59. The molecule has 0 saturated carbocycles. The number of ether oxygens (including phenoxy) is 1. The first-order valence-corrected chi connectivity index (χ1v) is 7.59. The van der Waals surface area contributed by atoms with Crippen LogP contribution in [0.15, 0.2) is 24.3 Å². The van der Waals surface area contributed by atoms with Crippen LogP contribution in [0.5, 0.6) is 5.75 Å². The van der Waals surface area contributed by atoms with Crippen molar-refractivity contribution in [2.24, 2.45) is 5.92 Å². The Hall–Kier alpha value is -1.84. The number of para-hydroxylation sites is 1. The van der Waals surface area contributed by atoms with Crippen molar-refractivity contribution < 1.29 is 14.3 Å². The lowest BCUT2D eigenvalue weighted by atomic mass is 9.98. The van der Waals surface area contributed by atoms with Gasteiger partial charge in [0.15, 0.2) is 5.78 Å². The number of likely N-dealkylation sites (tertiary alicyclic amines) is 1. The van der Waals surface area contributed by atoms with Gasteiger partial charge in [0.05, 0.1) is 19.2 Å². The third-order valence-corrected chi connectivity index (χ3v) is 4.25. The van der Waals surface area contributed by atoms with Crippen molar-refractivity contribution >= 4 is 11.7 Å². The van der Waals surface area contributed by atoms with Gasteiger partial charge in [0, 0.05) is 13.0 Å². The van der Waals surface area contributed by atoms with Crippen molar-refractivity contribution in [3.63, 3.8) is 0 Å². The zero-order chi connectivity index (χ0) is 15.2. The number of carbonyl (C=O) groups excluding carboxylic acids is 2. The molecule has 1 aromatic carbocycles. The normalized spacial score (nSPS) is 19.2. The summed E-state index contributed by atoms with van der Waals surface area (Å²) >= 11 is 0. The molecule has 1 saturated heterocycles. The number of hydrogen-bond acceptors (Lipinski definition) is 3. The van der Waals surface area contributed by atoms with Gasteiger partial charge in [-0.3, -0.25) is 9.59 Å². The van der Waals surface area contributed by atoms with Crippen LogP contribution in [0.2, 0.25) is 0 Å². The summed E-state index contributed by atoms with van der Waals surface area (Å²) in [6.45, 7) is 2.98. The molecule has 1 heterocycles. The van der Waals surface area contributed by atoms with E-state index in [1.165, 1.54) is 0 Å². The molecule has 0 bridgehead atoms. The van der Waals surface area contributed by atoms with Crippen LogP contribution in [-0.2, 0) is 4.79 Å². The van der Waals surface area contributed by atoms with E-state index in [2.05, 4.69) is 6.92 Å². The fourth-order valence-corrected chi connectivity index (χ4v) is 2.80. The van der Waals surface area contributed by atoms with Gasteiger partial charge in [0.2, 0.25) is 5.91 Å². The lowest BCUT2D eigenvalue weighted by molar-refractivity contribution is -0.130. The maximum Gasteiger partial charge on any atom is 0.222 e. The van der Waals surface area contributed by atoms with Crippen molar-refractivity contribution in [3.8, 4) is 5.75 Å². The Labute approximate surface area is 126 Å². The minimum atomic E-state index is -0.0595. The van der Waals surface area contributed by atoms with E-state index in [0.717, 1.165) is 19.3 Å². The SMILES string of the molecule is CCC1CCC(=O)N(CC(=O)c2ccccc2OC)CC1.